The van der Waals surface area contributed by atoms with Crippen molar-refractivity contribution in [2.24, 2.45) is 0 Å². The molecule has 26 heavy (non-hydrogen) atoms. The van der Waals surface area contributed by atoms with Gasteiger partial charge in [0.1, 0.15) is 6.04 Å². The molecule has 0 aliphatic heterocycles. The number of hydrogen-bond acceptors (Lipinski definition) is 3. The Morgan fingerprint density at radius 1 is 1.04 bits per heavy atom. The van der Waals surface area contributed by atoms with Crippen LogP contribution in [0.3, 0.4) is 0 Å². The molecule has 2 rings (SSSR count). The maximum atomic E-state index is 12.5. The molecule has 8 heteroatoms. The van der Waals surface area contributed by atoms with Gasteiger partial charge in [-0.25, -0.2) is 9.59 Å². The molecular weight excluding hydrogens is 349 g/mol. The molecule has 5 nitrogen and oxygen atoms in total. The molecule has 0 fully saturated rings. The van der Waals surface area contributed by atoms with Gasteiger partial charge in [-0.2, -0.15) is 13.2 Å². The lowest BCUT2D eigenvalue weighted by atomic mass is 10.1. The number of ether oxygens (including phenoxy) is 1. The first-order valence-electron chi connectivity index (χ1n) is 7.66. The van der Waals surface area contributed by atoms with E-state index in [2.05, 4.69) is 15.4 Å². The molecular formula is C18H17F3N2O3. The van der Waals surface area contributed by atoms with Crippen molar-refractivity contribution in [1.29, 1.82) is 0 Å². The number of anilines is 1. The van der Waals surface area contributed by atoms with Gasteiger partial charge in [0.25, 0.3) is 0 Å². The molecule has 0 saturated carbocycles. The average molecular weight is 366 g/mol. The number of alkyl halides is 3. The zero-order chi connectivity index (χ0) is 19.2. The molecule has 0 saturated heterocycles. The van der Waals surface area contributed by atoms with E-state index in [-0.39, 0.29) is 12.1 Å². The molecule has 0 heterocycles. The molecule has 0 aliphatic rings. The zero-order valence-electron chi connectivity index (χ0n) is 13.8. The SMILES string of the molecule is COC(=O)C(Cc1ccccc1)NC(=O)Nc1ccc(C(F)(F)F)cc1. The molecule has 0 bridgehead atoms. The monoisotopic (exact) mass is 366 g/mol. The summed E-state index contributed by atoms with van der Waals surface area (Å²) >= 11 is 0. The van der Waals surface area contributed by atoms with Crippen LogP contribution in [-0.4, -0.2) is 25.2 Å². The second kappa shape index (κ2) is 8.37. The summed E-state index contributed by atoms with van der Waals surface area (Å²) in [5.41, 5.74) is 0.163. The minimum atomic E-state index is -4.45. The highest BCUT2D eigenvalue weighted by Crippen LogP contribution is 2.29. The Balaban J connectivity index is 2.01. The predicted molar refractivity (Wildman–Crippen MR) is 89.5 cm³/mol. The lowest BCUT2D eigenvalue weighted by molar-refractivity contribution is -0.142. The Morgan fingerprint density at radius 2 is 1.65 bits per heavy atom. The largest absolute Gasteiger partial charge is 0.467 e. The Hall–Kier alpha value is -3.03. The van der Waals surface area contributed by atoms with Crippen LogP contribution in [-0.2, 0) is 22.1 Å². The van der Waals surface area contributed by atoms with E-state index < -0.39 is 29.8 Å². The summed E-state index contributed by atoms with van der Waals surface area (Å²) in [6, 6.07) is 11.3. The van der Waals surface area contributed by atoms with Gasteiger partial charge in [-0.05, 0) is 29.8 Å². The van der Waals surface area contributed by atoms with E-state index in [0.717, 1.165) is 29.8 Å². The number of rotatable bonds is 5. The van der Waals surface area contributed by atoms with Gasteiger partial charge in [0, 0.05) is 12.1 Å². The van der Waals surface area contributed by atoms with Gasteiger partial charge in [-0.15, -0.1) is 0 Å². The fourth-order valence-electron chi connectivity index (χ4n) is 2.25. The zero-order valence-corrected chi connectivity index (χ0v) is 13.8. The summed E-state index contributed by atoms with van der Waals surface area (Å²) < 4.78 is 42.3. The highest BCUT2D eigenvalue weighted by Gasteiger charge is 2.30. The van der Waals surface area contributed by atoms with Crippen molar-refractivity contribution in [3.8, 4) is 0 Å². The molecule has 0 spiro atoms. The summed E-state index contributed by atoms with van der Waals surface area (Å²) in [5, 5.41) is 4.85. The highest BCUT2D eigenvalue weighted by molar-refractivity contribution is 5.92. The lowest BCUT2D eigenvalue weighted by Gasteiger charge is -2.17. The molecule has 2 aromatic carbocycles. The van der Waals surface area contributed by atoms with Crippen LogP contribution in [0.2, 0.25) is 0 Å². The maximum Gasteiger partial charge on any atom is 0.416 e. The van der Waals surface area contributed by atoms with Gasteiger partial charge in [-0.1, -0.05) is 30.3 Å². The average Bonchev–Trinajstić information content (AvgIpc) is 2.61. The van der Waals surface area contributed by atoms with Crippen LogP contribution >= 0.6 is 0 Å². The van der Waals surface area contributed by atoms with Gasteiger partial charge in [-0.3, -0.25) is 0 Å². The molecule has 138 valence electrons. The van der Waals surface area contributed by atoms with Crippen LogP contribution < -0.4 is 10.6 Å². The second-order valence-corrected chi connectivity index (χ2v) is 5.44. The van der Waals surface area contributed by atoms with Gasteiger partial charge >= 0.3 is 18.2 Å². The number of nitrogens with one attached hydrogen (secondary N) is 2. The van der Waals surface area contributed by atoms with Crippen molar-refractivity contribution in [3.63, 3.8) is 0 Å². The van der Waals surface area contributed by atoms with Crippen molar-refractivity contribution in [2.75, 3.05) is 12.4 Å². The van der Waals surface area contributed by atoms with Crippen molar-refractivity contribution in [2.45, 2.75) is 18.6 Å². The Morgan fingerprint density at radius 3 is 2.19 bits per heavy atom. The lowest BCUT2D eigenvalue weighted by Crippen LogP contribution is -2.45. The van der Waals surface area contributed by atoms with Crippen molar-refractivity contribution in [1.82, 2.24) is 5.32 Å². The summed E-state index contributed by atoms with van der Waals surface area (Å²) in [6.07, 6.45) is -4.24. The number of urea groups is 1. The molecule has 2 N–H and O–H groups in total. The third kappa shape index (κ3) is 5.51. The molecule has 0 radical (unpaired) electrons. The standard InChI is InChI=1S/C18H17F3N2O3/c1-26-16(24)15(11-12-5-3-2-4-6-12)23-17(25)22-14-9-7-13(8-10-14)18(19,20)21/h2-10,15H,11H2,1H3,(H2,22,23,25). The number of methoxy groups -OCH3 is 1. The predicted octanol–water partition coefficient (Wildman–Crippen LogP) is 3.61. The summed E-state index contributed by atoms with van der Waals surface area (Å²) in [5.74, 6) is -0.628. The fraction of sp³-hybridized carbons (Fsp3) is 0.222. The van der Waals surface area contributed by atoms with Crippen LogP contribution in [0.15, 0.2) is 54.6 Å². The van der Waals surface area contributed by atoms with Gasteiger partial charge in [0.05, 0.1) is 12.7 Å². The molecule has 1 atom stereocenters. The number of esters is 1. The Kier molecular flexibility index (Phi) is 6.21. The first kappa shape index (κ1) is 19.3. The summed E-state index contributed by atoms with van der Waals surface area (Å²) in [6.45, 7) is 0. The van der Waals surface area contributed by atoms with Crippen LogP contribution in [0.25, 0.3) is 0 Å². The van der Waals surface area contributed by atoms with Crippen LogP contribution in [0.5, 0.6) is 0 Å². The first-order chi connectivity index (χ1) is 12.3. The number of amides is 2. The third-order valence-electron chi connectivity index (χ3n) is 3.54. The minimum Gasteiger partial charge on any atom is -0.467 e. The quantitative estimate of drug-likeness (QED) is 0.795. The van der Waals surface area contributed by atoms with Crippen molar-refractivity contribution in [3.05, 3.63) is 65.7 Å². The second-order valence-electron chi connectivity index (χ2n) is 5.44. The van der Waals surface area contributed by atoms with E-state index in [0.29, 0.717) is 0 Å². The van der Waals surface area contributed by atoms with E-state index in [1.165, 1.54) is 7.11 Å². The van der Waals surface area contributed by atoms with Gasteiger partial charge in [0.2, 0.25) is 0 Å². The molecule has 1 unspecified atom stereocenters. The smallest absolute Gasteiger partial charge is 0.416 e. The minimum absolute atomic E-state index is 0.166. The topological polar surface area (TPSA) is 67.4 Å². The molecule has 0 aliphatic carbocycles. The number of carbonyl (C=O) groups is 2. The van der Waals surface area contributed by atoms with Crippen LogP contribution in [0, 0.1) is 0 Å². The van der Waals surface area contributed by atoms with Crippen LogP contribution in [0.1, 0.15) is 11.1 Å². The van der Waals surface area contributed by atoms with Gasteiger partial charge < -0.3 is 15.4 Å². The number of hydrogen-bond donors (Lipinski definition) is 2. The molecule has 0 aromatic heterocycles. The van der Waals surface area contributed by atoms with Crippen molar-refractivity contribution >= 4 is 17.7 Å². The Bertz CT molecular complexity index is 747. The van der Waals surface area contributed by atoms with Gasteiger partial charge in [0.15, 0.2) is 0 Å². The van der Waals surface area contributed by atoms with E-state index in [4.69, 9.17) is 0 Å². The molecule has 2 aromatic rings. The van der Waals surface area contributed by atoms with Crippen molar-refractivity contribution < 1.29 is 27.5 Å². The highest BCUT2D eigenvalue weighted by atomic mass is 19.4. The number of halogens is 3. The summed E-state index contributed by atoms with van der Waals surface area (Å²) in [7, 11) is 1.20. The Labute approximate surface area is 148 Å². The van der Waals surface area contributed by atoms with E-state index in [9.17, 15) is 22.8 Å². The summed E-state index contributed by atoms with van der Waals surface area (Å²) in [4.78, 5) is 23.9. The number of benzene rings is 2. The number of carbonyl (C=O) groups excluding carboxylic acids is 2. The van der Waals surface area contributed by atoms with E-state index in [1.54, 1.807) is 24.3 Å². The molecule has 2 amide bonds. The van der Waals surface area contributed by atoms with E-state index >= 15 is 0 Å². The third-order valence-corrected chi connectivity index (χ3v) is 3.54. The van der Waals surface area contributed by atoms with Crippen LogP contribution in [0.4, 0.5) is 23.7 Å². The maximum absolute atomic E-state index is 12.5. The van der Waals surface area contributed by atoms with E-state index in [1.807, 2.05) is 6.07 Å². The first-order valence-corrected chi connectivity index (χ1v) is 7.66. The fourth-order valence-corrected chi connectivity index (χ4v) is 2.25. The normalized spacial score (nSPS) is 12.2.